The van der Waals surface area contributed by atoms with Crippen LogP contribution in [0.1, 0.15) is 24.0 Å². The van der Waals surface area contributed by atoms with Gasteiger partial charge in [0.2, 0.25) is 5.91 Å². The van der Waals surface area contributed by atoms with E-state index >= 15 is 0 Å². The number of rotatable bonds is 5. The average Bonchev–Trinajstić information content (AvgIpc) is 2.94. The number of halogens is 1. The monoisotopic (exact) mass is 432 g/mol. The number of sulfone groups is 1. The first-order valence-corrected chi connectivity index (χ1v) is 11.9. The van der Waals surface area contributed by atoms with Gasteiger partial charge in [-0.05, 0) is 56.6 Å². The van der Waals surface area contributed by atoms with Crippen molar-refractivity contribution in [1.29, 1.82) is 0 Å². The Bertz CT molecular complexity index is 1090. The van der Waals surface area contributed by atoms with Crippen molar-refractivity contribution in [2.75, 3.05) is 37.8 Å². The highest BCUT2D eigenvalue weighted by atomic mass is 32.2. The number of nitrogens with zero attached hydrogens (tertiary/aromatic N) is 1. The minimum absolute atomic E-state index is 0.0837. The van der Waals surface area contributed by atoms with Crippen molar-refractivity contribution in [3.8, 4) is 5.75 Å². The quantitative estimate of drug-likeness (QED) is 0.786. The molecule has 2 aliphatic rings. The zero-order valence-corrected chi connectivity index (χ0v) is 17.9. The van der Waals surface area contributed by atoms with Crippen molar-refractivity contribution in [3.05, 3.63) is 53.3 Å². The Balaban J connectivity index is 1.34. The maximum Gasteiger partial charge on any atom is 0.235 e. The Kier molecular flexibility index (Phi) is 5.32. The van der Waals surface area contributed by atoms with Gasteiger partial charge in [-0.25, -0.2) is 12.8 Å². The second kappa shape index (κ2) is 7.67. The van der Waals surface area contributed by atoms with Crippen molar-refractivity contribution in [2.45, 2.75) is 30.1 Å². The van der Waals surface area contributed by atoms with E-state index in [1.54, 1.807) is 0 Å². The van der Waals surface area contributed by atoms with E-state index in [1.807, 2.05) is 19.1 Å². The zero-order chi connectivity index (χ0) is 21.5. The lowest BCUT2D eigenvalue weighted by atomic mass is 9.73. The van der Waals surface area contributed by atoms with E-state index in [0.717, 1.165) is 55.1 Å². The van der Waals surface area contributed by atoms with Gasteiger partial charge >= 0.3 is 0 Å². The Labute approximate surface area is 176 Å². The van der Waals surface area contributed by atoms with Crippen LogP contribution >= 0.6 is 0 Å². The topological polar surface area (TPSA) is 75.7 Å². The van der Waals surface area contributed by atoms with Crippen LogP contribution in [0.5, 0.6) is 5.75 Å². The number of fused-ring (bicyclic) bond motifs is 2. The summed E-state index contributed by atoms with van der Waals surface area (Å²) in [7, 11) is -3.60. The standard InChI is InChI=1S/C22H25FN2O4S/c1-15-3-5-19-17(13-15)22(21(26)24-19)7-9-25(10-8-22)11-12-29-16-4-6-20(18(23)14-16)30(2,27)28/h3-6,13-14H,7-12H2,1-2H3,(H,24,26). The summed E-state index contributed by atoms with van der Waals surface area (Å²) in [6.45, 7) is 4.58. The van der Waals surface area contributed by atoms with Crippen LogP contribution in [0.2, 0.25) is 0 Å². The molecule has 2 aromatic rings. The van der Waals surface area contributed by atoms with Crippen LogP contribution < -0.4 is 10.1 Å². The summed E-state index contributed by atoms with van der Waals surface area (Å²) in [6, 6.07) is 9.89. The third-order valence-corrected chi connectivity index (χ3v) is 7.19. The zero-order valence-electron chi connectivity index (χ0n) is 17.1. The Hall–Kier alpha value is -2.45. The molecule has 0 unspecified atom stereocenters. The molecular formula is C22H25FN2O4S. The molecule has 2 aromatic carbocycles. The lowest BCUT2D eigenvalue weighted by Crippen LogP contribution is -2.47. The van der Waals surface area contributed by atoms with Gasteiger partial charge in [0.15, 0.2) is 9.84 Å². The third-order valence-electron chi connectivity index (χ3n) is 6.06. The molecular weight excluding hydrogens is 407 g/mol. The maximum absolute atomic E-state index is 14.0. The third kappa shape index (κ3) is 3.81. The van der Waals surface area contributed by atoms with Crippen molar-refractivity contribution in [3.63, 3.8) is 0 Å². The van der Waals surface area contributed by atoms with Crippen LogP contribution in [0.4, 0.5) is 10.1 Å². The molecule has 1 saturated heterocycles. The molecule has 2 aliphatic heterocycles. The summed E-state index contributed by atoms with van der Waals surface area (Å²) in [6.07, 6.45) is 2.46. The fourth-order valence-corrected chi connectivity index (χ4v) is 5.08. The minimum atomic E-state index is -3.60. The summed E-state index contributed by atoms with van der Waals surface area (Å²) < 4.78 is 42.6. The largest absolute Gasteiger partial charge is 0.492 e. The van der Waals surface area contributed by atoms with Gasteiger partial charge in [0.05, 0.1) is 5.41 Å². The lowest BCUT2D eigenvalue weighted by Gasteiger charge is -2.38. The number of amides is 1. The second-order valence-corrected chi connectivity index (χ2v) is 10.1. The highest BCUT2D eigenvalue weighted by Crippen LogP contribution is 2.45. The number of carbonyl (C=O) groups is 1. The fourth-order valence-electron chi connectivity index (χ4n) is 4.35. The van der Waals surface area contributed by atoms with E-state index in [-0.39, 0.29) is 10.8 Å². The predicted molar refractivity (Wildman–Crippen MR) is 112 cm³/mol. The Morgan fingerprint density at radius 3 is 2.57 bits per heavy atom. The van der Waals surface area contributed by atoms with Crippen LogP contribution in [0.3, 0.4) is 0 Å². The van der Waals surface area contributed by atoms with Gasteiger partial charge < -0.3 is 10.1 Å². The Morgan fingerprint density at radius 2 is 1.90 bits per heavy atom. The van der Waals surface area contributed by atoms with Crippen LogP contribution in [-0.4, -0.2) is 51.7 Å². The van der Waals surface area contributed by atoms with Gasteiger partial charge in [-0.3, -0.25) is 9.69 Å². The molecule has 1 fully saturated rings. The fraction of sp³-hybridized carbons (Fsp3) is 0.409. The van der Waals surface area contributed by atoms with Crippen LogP contribution in [-0.2, 0) is 20.0 Å². The van der Waals surface area contributed by atoms with E-state index in [4.69, 9.17) is 4.74 Å². The van der Waals surface area contributed by atoms with E-state index in [0.29, 0.717) is 18.9 Å². The lowest BCUT2D eigenvalue weighted by molar-refractivity contribution is -0.122. The number of hydrogen-bond acceptors (Lipinski definition) is 5. The average molecular weight is 433 g/mol. The SMILES string of the molecule is Cc1ccc2c(c1)C1(CCN(CCOc3ccc(S(C)(=O)=O)c(F)c3)CC1)C(=O)N2. The highest BCUT2D eigenvalue weighted by molar-refractivity contribution is 7.90. The summed E-state index contributed by atoms with van der Waals surface area (Å²) >= 11 is 0. The van der Waals surface area contributed by atoms with E-state index in [1.165, 1.54) is 12.1 Å². The van der Waals surface area contributed by atoms with Crippen molar-refractivity contribution < 1.29 is 22.3 Å². The van der Waals surface area contributed by atoms with Gasteiger partial charge in [0.25, 0.3) is 0 Å². The summed E-state index contributed by atoms with van der Waals surface area (Å²) in [4.78, 5) is 14.6. The molecule has 1 N–H and O–H groups in total. The molecule has 0 atom stereocenters. The Morgan fingerprint density at radius 1 is 1.17 bits per heavy atom. The first-order chi connectivity index (χ1) is 14.2. The molecule has 0 aromatic heterocycles. The van der Waals surface area contributed by atoms with Crippen LogP contribution in [0, 0.1) is 12.7 Å². The van der Waals surface area contributed by atoms with Gasteiger partial charge in [-0.1, -0.05) is 17.7 Å². The molecule has 8 heteroatoms. The number of ether oxygens (including phenoxy) is 1. The first kappa shape index (κ1) is 20.8. The van der Waals surface area contributed by atoms with E-state index in [2.05, 4.69) is 16.3 Å². The molecule has 2 heterocycles. The summed E-state index contributed by atoms with van der Waals surface area (Å²) in [5.74, 6) is -0.426. The number of piperidine rings is 1. The van der Waals surface area contributed by atoms with Gasteiger partial charge in [-0.2, -0.15) is 0 Å². The predicted octanol–water partition coefficient (Wildman–Crippen LogP) is 2.90. The number of likely N-dealkylation sites (tertiary alicyclic amines) is 1. The van der Waals surface area contributed by atoms with Gasteiger partial charge in [0.1, 0.15) is 23.1 Å². The smallest absolute Gasteiger partial charge is 0.235 e. The van der Waals surface area contributed by atoms with Gasteiger partial charge in [0, 0.05) is 24.6 Å². The van der Waals surface area contributed by atoms with Crippen LogP contribution in [0.15, 0.2) is 41.3 Å². The molecule has 1 amide bonds. The van der Waals surface area contributed by atoms with Crippen LogP contribution in [0.25, 0.3) is 0 Å². The molecule has 30 heavy (non-hydrogen) atoms. The second-order valence-electron chi connectivity index (χ2n) is 8.14. The number of hydrogen-bond donors (Lipinski definition) is 1. The number of anilines is 1. The number of nitrogens with one attached hydrogen (secondary N) is 1. The molecule has 6 nitrogen and oxygen atoms in total. The molecule has 0 aliphatic carbocycles. The summed E-state index contributed by atoms with van der Waals surface area (Å²) in [5, 5.41) is 3.02. The number of carbonyl (C=O) groups excluding carboxylic acids is 1. The molecule has 0 bridgehead atoms. The van der Waals surface area contributed by atoms with Crippen molar-refractivity contribution >= 4 is 21.4 Å². The highest BCUT2D eigenvalue weighted by Gasteiger charge is 2.48. The summed E-state index contributed by atoms with van der Waals surface area (Å²) in [5.41, 5.74) is 2.71. The molecule has 160 valence electrons. The molecule has 0 radical (unpaired) electrons. The van der Waals surface area contributed by atoms with Gasteiger partial charge in [-0.15, -0.1) is 0 Å². The van der Waals surface area contributed by atoms with Crippen molar-refractivity contribution in [1.82, 2.24) is 4.90 Å². The molecule has 4 rings (SSSR count). The van der Waals surface area contributed by atoms with E-state index in [9.17, 15) is 17.6 Å². The normalized spacial score (nSPS) is 18.3. The minimum Gasteiger partial charge on any atom is -0.492 e. The number of aryl methyl sites for hydroxylation is 1. The maximum atomic E-state index is 14.0. The molecule has 0 saturated carbocycles. The van der Waals surface area contributed by atoms with Crippen molar-refractivity contribution in [2.24, 2.45) is 0 Å². The first-order valence-electron chi connectivity index (χ1n) is 9.96. The van der Waals surface area contributed by atoms with E-state index < -0.39 is 21.1 Å². The number of benzene rings is 2. The molecule has 1 spiro atoms.